The largest absolute Gasteiger partial charge is 0.493 e. The molecule has 1 aromatic carbocycles. The molecule has 2 heterocycles. The van der Waals surface area contributed by atoms with Crippen LogP contribution >= 0.6 is 0 Å². The van der Waals surface area contributed by atoms with E-state index in [0.29, 0.717) is 28.6 Å². The molecule has 0 saturated heterocycles. The quantitative estimate of drug-likeness (QED) is 0.580. The Morgan fingerprint density at radius 2 is 1.68 bits per heavy atom. The molecule has 2 aromatic heterocycles. The van der Waals surface area contributed by atoms with Crippen LogP contribution in [-0.4, -0.2) is 53.3 Å². The number of amides is 1. The van der Waals surface area contributed by atoms with Crippen LogP contribution in [0, 0.1) is 13.8 Å². The summed E-state index contributed by atoms with van der Waals surface area (Å²) >= 11 is 0. The smallest absolute Gasteiger partial charge is 0.266 e. The highest BCUT2D eigenvalue weighted by Gasteiger charge is 2.17. The van der Waals surface area contributed by atoms with E-state index in [9.17, 15) is 9.59 Å². The van der Waals surface area contributed by atoms with Gasteiger partial charge in [-0.2, -0.15) is 5.10 Å². The van der Waals surface area contributed by atoms with E-state index in [2.05, 4.69) is 15.5 Å². The Labute approximate surface area is 179 Å². The molecule has 31 heavy (non-hydrogen) atoms. The maximum atomic E-state index is 12.6. The van der Waals surface area contributed by atoms with Crippen LogP contribution in [0.15, 0.2) is 35.1 Å². The maximum Gasteiger partial charge on any atom is 0.266 e. The first-order chi connectivity index (χ1) is 14.9. The van der Waals surface area contributed by atoms with Gasteiger partial charge in [0.15, 0.2) is 17.3 Å². The number of methoxy groups -OCH3 is 3. The van der Waals surface area contributed by atoms with Crippen molar-refractivity contribution in [3.63, 3.8) is 0 Å². The number of benzene rings is 1. The van der Waals surface area contributed by atoms with Gasteiger partial charge in [-0.3, -0.25) is 9.59 Å². The first-order valence-electron chi connectivity index (χ1n) is 9.58. The Kier molecular flexibility index (Phi) is 6.58. The van der Waals surface area contributed by atoms with E-state index in [1.165, 1.54) is 32.1 Å². The van der Waals surface area contributed by atoms with Crippen molar-refractivity contribution in [2.45, 2.75) is 20.4 Å². The van der Waals surface area contributed by atoms with E-state index in [0.717, 1.165) is 11.4 Å². The molecule has 10 heteroatoms. The third-order valence-electron chi connectivity index (χ3n) is 4.62. The molecule has 0 atom stereocenters. The lowest BCUT2D eigenvalue weighted by atomic mass is 10.1. The lowest BCUT2D eigenvalue weighted by Gasteiger charge is -2.14. The molecule has 0 fully saturated rings. The second-order valence-electron chi connectivity index (χ2n) is 6.76. The van der Waals surface area contributed by atoms with Gasteiger partial charge in [0, 0.05) is 23.9 Å². The lowest BCUT2D eigenvalue weighted by Crippen LogP contribution is -2.32. The summed E-state index contributed by atoms with van der Waals surface area (Å²) < 4.78 is 18.8. The van der Waals surface area contributed by atoms with Crippen LogP contribution in [0.4, 0.5) is 0 Å². The molecule has 3 rings (SSSR count). The van der Waals surface area contributed by atoms with E-state index >= 15 is 0 Å². The van der Waals surface area contributed by atoms with Crippen molar-refractivity contribution in [2.75, 3.05) is 27.9 Å². The minimum atomic E-state index is -0.345. The van der Waals surface area contributed by atoms with Crippen molar-refractivity contribution >= 4 is 5.91 Å². The monoisotopic (exact) mass is 427 g/mol. The van der Waals surface area contributed by atoms with Gasteiger partial charge in [-0.1, -0.05) is 0 Å². The van der Waals surface area contributed by atoms with Gasteiger partial charge < -0.3 is 19.5 Å². The standard InChI is InChI=1S/C21H25N5O5/c1-13-10-14(2)26(23-13)18-6-7-19(27)25(24-18)9-8-22-21(28)15-11-16(29-3)20(31-5)17(12-15)30-4/h6-7,10-12H,8-9H2,1-5H3,(H,22,28). The minimum Gasteiger partial charge on any atom is -0.493 e. The van der Waals surface area contributed by atoms with Crippen molar-refractivity contribution in [3.8, 4) is 23.1 Å². The minimum absolute atomic E-state index is 0.197. The molecule has 0 saturated carbocycles. The van der Waals surface area contributed by atoms with E-state index in [1.807, 2.05) is 19.9 Å². The molecule has 1 amide bonds. The molecule has 0 aliphatic carbocycles. The van der Waals surface area contributed by atoms with Gasteiger partial charge in [0.2, 0.25) is 5.75 Å². The fourth-order valence-electron chi connectivity index (χ4n) is 3.16. The summed E-state index contributed by atoms with van der Waals surface area (Å²) in [6, 6.07) is 8.09. The third-order valence-corrected chi connectivity index (χ3v) is 4.62. The zero-order valence-corrected chi connectivity index (χ0v) is 18.1. The normalized spacial score (nSPS) is 10.6. The Morgan fingerprint density at radius 1 is 1.00 bits per heavy atom. The molecule has 1 N–H and O–H groups in total. The number of ether oxygens (including phenoxy) is 3. The number of rotatable bonds is 8. The van der Waals surface area contributed by atoms with Gasteiger partial charge in [0.25, 0.3) is 11.5 Å². The highest BCUT2D eigenvalue weighted by molar-refractivity contribution is 5.95. The number of hydrogen-bond acceptors (Lipinski definition) is 7. The van der Waals surface area contributed by atoms with Crippen molar-refractivity contribution in [1.82, 2.24) is 24.9 Å². The summed E-state index contributed by atoms with van der Waals surface area (Å²) in [6.07, 6.45) is 0. The molecule has 10 nitrogen and oxygen atoms in total. The summed E-state index contributed by atoms with van der Waals surface area (Å²) in [5.41, 5.74) is 1.83. The molecule has 3 aromatic rings. The van der Waals surface area contributed by atoms with Gasteiger partial charge in [0.1, 0.15) is 0 Å². The summed E-state index contributed by atoms with van der Waals surface area (Å²) in [7, 11) is 4.45. The molecule has 0 bridgehead atoms. The first-order valence-corrected chi connectivity index (χ1v) is 9.58. The number of nitrogens with one attached hydrogen (secondary N) is 1. The number of aromatic nitrogens is 4. The van der Waals surface area contributed by atoms with Crippen molar-refractivity contribution in [1.29, 1.82) is 0 Å². The molecule has 0 unspecified atom stereocenters. The van der Waals surface area contributed by atoms with E-state index < -0.39 is 0 Å². The Bertz CT molecular complexity index is 1130. The van der Waals surface area contributed by atoms with Gasteiger partial charge in [-0.05, 0) is 38.1 Å². The summed E-state index contributed by atoms with van der Waals surface area (Å²) in [6.45, 7) is 4.19. The van der Waals surface area contributed by atoms with Crippen LogP contribution in [0.5, 0.6) is 17.2 Å². The predicted octanol–water partition coefficient (Wildman–Crippen LogP) is 1.50. The topological polar surface area (TPSA) is 110 Å². The fourth-order valence-corrected chi connectivity index (χ4v) is 3.16. The molecule has 0 aliphatic rings. The number of carbonyl (C=O) groups is 1. The molecule has 164 valence electrons. The number of carbonyl (C=O) groups excluding carboxylic acids is 1. The van der Waals surface area contributed by atoms with Crippen LogP contribution < -0.4 is 25.1 Å². The average molecular weight is 427 g/mol. The molecule has 0 aliphatic heterocycles. The number of nitrogens with zero attached hydrogens (tertiary/aromatic N) is 4. The second-order valence-corrected chi connectivity index (χ2v) is 6.76. The highest BCUT2D eigenvalue weighted by Crippen LogP contribution is 2.38. The summed E-state index contributed by atoms with van der Waals surface area (Å²) in [5.74, 6) is 1.34. The zero-order valence-electron chi connectivity index (χ0n) is 18.1. The molecule has 0 radical (unpaired) electrons. The van der Waals surface area contributed by atoms with E-state index in [4.69, 9.17) is 14.2 Å². The van der Waals surface area contributed by atoms with Gasteiger partial charge in [-0.25, -0.2) is 9.36 Å². The van der Waals surface area contributed by atoms with Crippen LogP contribution in [-0.2, 0) is 6.54 Å². The number of aryl methyl sites for hydroxylation is 2. The predicted molar refractivity (Wildman–Crippen MR) is 114 cm³/mol. The number of hydrogen-bond donors (Lipinski definition) is 1. The SMILES string of the molecule is COc1cc(C(=O)NCCn2nc(-n3nc(C)cc3C)ccc2=O)cc(OC)c1OC. The zero-order chi connectivity index (χ0) is 22.5. The highest BCUT2D eigenvalue weighted by atomic mass is 16.5. The van der Waals surface area contributed by atoms with Crippen molar-refractivity contribution in [2.24, 2.45) is 0 Å². The van der Waals surface area contributed by atoms with Gasteiger partial charge in [-0.15, -0.1) is 5.10 Å². The van der Waals surface area contributed by atoms with Gasteiger partial charge >= 0.3 is 0 Å². The Balaban J connectivity index is 1.73. The van der Waals surface area contributed by atoms with Crippen molar-refractivity contribution in [3.05, 3.63) is 57.6 Å². The van der Waals surface area contributed by atoms with E-state index in [1.54, 1.807) is 22.9 Å². The molecule has 0 spiro atoms. The third kappa shape index (κ3) is 4.68. The van der Waals surface area contributed by atoms with Crippen LogP contribution in [0.3, 0.4) is 0 Å². The Hall–Kier alpha value is -3.82. The van der Waals surface area contributed by atoms with Crippen LogP contribution in [0.1, 0.15) is 21.7 Å². The average Bonchev–Trinajstić information content (AvgIpc) is 3.11. The Morgan fingerprint density at radius 3 is 2.23 bits per heavy atom. The second kappa shape index (κ2) is 9.33. The first kappa shape index (κ1) is 21.9. The summed E-state index contributed by atoms with van der Waals surface area (Å²) in [5, 5.41) is 11.5. The molecular weight excluding hydrogens is 402 g/mol. The van der Waals surface area contributed by atoms with Crippen LogP contribution in [0.2, 0.25) is 0 Å². The van der Waals surface area contributed by atoms with Gasteiger partial charge in [0.05, 0.1) is 33.6 Å². The van der Waals surface area contributed by atoms with E-state index in [-0.39, 0.29) is 24.6 Å². The lowest BCUT2D eigenvalue weighted by molar-refractivity contribution is 0.0951. The molecular formula is C21H25N5O5. The fraction of sp³-hybridized carbons (Fsp3) is 0.333. The van der Waals surface area contributed by atoms with Crippen molar-refractivity contribution < 1.29 is 19.0 Å². The van der Waals surface area contributed by atoms with Crippen LogP contribution in [0.25, 0.3) is 5.82 Å². The summed E-state index contributed by atoms with van der Waals surface area (Å²) in [4.78, 5) is 24.8. The maximum absolute atomic E-state index is 12.6.